The molecular formula is C33H38N4O6S2. The number of aromatic amines is 2. The maximum Gasteiger partial charge on any atom is 0.303 e. The number of carbonyl (C=O) groups is 4. The zero-order valence-corrected chi connectivity index (χ0v) is 27.7. The summed E-state index contributed by atoms with van der Waals surface area (Å²) in [6.07, 6.45) is 6.20. The lowest BCUT2D eigenvalue weighted by atomic mass is 9.98. The van der Waals surface area contributed by atoms with E-state index in [1.54, 1.807) is 19.1 Å². The maximum absolute atomic E-state index is 12.6. The Morgan fingerprint density at radius 3 is 2.18 bits per heavy atom. The first-order valence-electron chi connectivity index (χ1n) is 14.6. The predicted octanol–water partition coefficient (Wildman–Crippen LogP) is 3.02. The van der Waals surface area contributed by atoms with E-state index in [-0.39, 0.29) is 48.8 Å². The molecule has 2 aliphatic heterocycles. The van der Waals surface area contributed by atoms with E-state index in [2.05, 4.69) is 45.5 Å². The van der Waals surface area contributed by atoms with Crippen LogP contribution in [0.15, 0.2) is 38.8 Å². The summed E-state index contributed by atoms with van der Waals surface area (Å²) in [7, 11) is 0. The minimum absolute atomic E-state index is 0.0744. The minimum atomic E-state index is -0.935. The predicted molar refractivity (Wildman–Crippen MR) is 180 cm³/mol. The number of nitrogens with zero attached hydrogens (tertiary/aromatic N) is 1. The average Bonchev–Trinajstić information content (AvgIpc) is 3.60. The van der Waals surface area contributed by atoms with Crippen LogP contribution in [0.3, 0.4) is 0 Å². The lowest BCUT2D eigenvalue weighted by Crippen LogP contribution is -2.31. The topological polar surface area (TPSA) is 165 Å². The van der Waals surface area contributed by atoms with Gasteiger partial charge in [0.15, 0.2) is 0 Å². The Morgan fingerprint density at radius 1 is 0.956 bits per heavy atom. The van der Waals surface area contributed by atoms with E-state index < -0.39 is 11.9 Å². The van der Waals surface area contributed by atoms with Crippen molar-refractivity contribution >= 4 is 66.9 Å². The third kappa shape index (κ3) is 7.28. The van der Waals surface area contributed by atoms with Gasteiger partial charge in [0.05, 0.1) is 11.8 Å². The van der Waals surface area contributed by atoms with Gasteiger partial charge in [-0.25, -0.2) is 4.99 Å². The lowest BCUT2D eigenvalue weighted by molar-refractivity contribution is -0.138. The molecule has 10 nitrogen and oxygen atoms in total. The van der Waals surface area contributed by atoms with Gasteiger partial charge in [0.1, 0.15) is 0 Å². The van der Waals surface area contributed by atoms with E-state index in [0.717, 1.165) is 33.5 Å². The molecule has 4 rings (SSSR count). The van der Waals surface area contributed by atoms with E-state index in [4.69, 9.17) is 0 Å². The zero-order valence-electron chi connectivity index (χ0n) is 25.9. The van der Waals surface area contributed by atoms with Gasteiger partial charge in [0.25, 0.3) is 5.91 Å². The minimum Gasteiger partial charge on any atom is -0.481 e. The highest BCUT2D eigenvalue weighted by Crippen LogP contribution is 2.28. The highest BCUT2D eigenvalue weighted by atomic mass is 32.1. The number of carboxylic acid groups (broad SMARTS) is 2. The van der Waals surface area contributed by atoms with Gasteiger partial charge in [0, 0.05) is 63.3 Å². The van der Waals surface area contributed by atoms with Gasteiger partial charge in [-0.05, 0) is 98.9 Å². The fraction of sp³-hybridized carbons (Fsp3) is 0.364. The van der Waals surface area contributed by atoms with Crippen molar-refractivity contribution in [3.8, 4) is 0 Å². The number of aromatic nitrogens is 2. The first kappa shape index (κ1) is 33.9. The summed E-state index contributed by atoms with van der Waals surface area (Å²) in [6, 6.07) is -0.230. The van der Waals surface area contributed by atoms with Gasteiger partial charge < -0.3 is 25.5 Å². The standard InChI is InChI=1S/C33H38N4O6S2/c1-15-20(6-8-29(38)39)26(34-23(15)12-25-18(4)31(19(5)45)33(43)36-25)14-27-21(7-9-30(40)41)16(2)24(35-27)13-28-22(10-11-44)17(3)32(42)37-28/h10-11,13-14,19,25,34-35,44-45H,6-9,12H2,1-5H3,(H,36,43)(H,38,39)(H,40,41)/b11-10+,24-13+,27-14-/t19-,25-/m1/s1. The first-order valence-corrected chi connectivity index (χ1v) is 15.7. The van der Waals surface area contributed by atoms with Crippen LogP contribution in [0.1, 0.15) is 67.3 Å². The summed E-state index contributed by atoms with van der Waals surface area (Å²) in [5.74, 6) is -2.33. The van der Waals surface area contributed by atoms with Gasteiger partial charge in [-0.1, -0.05) is 0 Å². The Kier molecular flexibility index (Phi) is 10.5. The van der Waals surface area contributed by atoms with Crippen LogP contribution in [0.4, 0.5) is 0 Å². The van der Waals surface area contributed by atoms with Crippen molar-refractivity contribution in [2.45, 2.75) is 78.0 Å². The molecule has 12 heteroatoms. The number of aliphatic imine (C=N–C) groups is 1. The third-order valence-corrected chi connectivity index (χ3v) is 8.91. The molecule has 0 bridgehead atoms. The van der Waals surface area contributed by atoms with Crippen molar-refractivity contribution in [3.63, 3.8) is 0 Å². The fourth-order valence-corrected chi connectivity index (χ4v) is 6.44. The second-order valence-electron chi connectivity index (χ2n) is 11.4. The smallest absolute Gasteiger partial charge is 0.303 e. The van der Waals surface area contributed by atoms with Crippen LogP contribution in [0, 0.1) is 13.8 Å². The molecule has 4 heterocycles. The molecule has 2 amide bonds. The van der Waals surface area contributed by atoms with Crippen molar-refractivity contribution in [1.29, 1.82) is 0 Å². The molecule has 0 saturated carbocycles. The van der Waals surface area contributed by atoms with Crippen LogP contribution >= 0.6 is 25.3 Å². The van der Waals surface area contributed by atoms with Crippen molar-refractivity contribution in [1.82, 2.24) is 15.3 Å². The number of nitrogens with one attached hydrogen (secondary N) is 3. The van der Waals surface area contributed by atoms with Crippen LogP contribution in [-0.2, 0) is 38.4 Å². The highest BCUT2D eigenvalue weighted by molar-refractivity contribution is 7.83. The normalized spacial score (nSPS) is 18.6. The maximum atomic E-state index is 12.6. The van der Waals surface area contributed by atoms with Gasteiger partial charge >= 0.3 is 11.9 Å². The molecule has 0 fully saturated rings. The summed E-state index contributed by atoms with van der Waals surface area (Å²) in [5, 5.41) is 24.6. The van der Waals surface area contributed by atoms with E-state index >= 15 is 0 Å². The highest BCUT2D eigenvalue weighted by Gasteiger charge is 2.32. The summed E-state index contributed by atoms with van der Waals surface area (Å²) >= 11 is 8.62. The summed E-state index contributed by atoms with van der Waals surface area (Å²) in [4.78, 5) is 59.1. The zero-order chi connectivity index (χ0) is 33.2. The quantitative estimate of drug-likeness (QED) is 0.175. The fourth-order valence-electron chi connectivity index (χ4n) is 5.97. The van der Waals surface area contributed by atoms with Gasteiger partial charge in [-0.2, -0.15) is 25.3 Å². The number of H-pyrrole nitrogens is 2. The van der Waals surface area contributed by atoms with Crippen molar-refractivity contribution in [2.75, 3.05) is 0 Å². The Labute approximate surface area is 272 Å². The molecule has 238 valence electrons. The van der Waals surface area contributed by atoms with Crippen LogP contribution < -0.4 is 16.0 Å². The van der Waals surface area contributed by atoms with Gasteiger partial charge in [-0.3, -0.25) is 19.2 Å². The molecular weight excluding hydrogens is 613 g/mol. The van der Waals surface area contributed by atoms with E-state index in [1.165, 1.54) is 5.41 Å². The average molecular weight is 651 g/mol. The largest absolute Gasteiger partial charge is 0.481 e. The number of rotatable bonds is 12. The number of carboxylic acids is 2. The van der Waals surface area contributed by atoms with Crippen LogP contribution in [0.2, 0.25) is 0 Å². The number of hydrogen-bond acceptors (Lipinski definition) is 6. The second-order valence-corrected chi connectivity index (χ2v) is 12.5. The van der Waals surface area contributed by atoms with Crippen molar-refractivity contribution in [2.24, 2.45) is 4.99 Å². The van der Waals surface area contributed by atoms with Crippen molar-refractivity contribution in [3.05, 3.63) is 78.1 Å². The molecule has 0 spiro atoms. The monoisotopic (exact) mass is 650 g/mol. The molecule has 0 radical (unpaired) electrons. The molecule has 5 N–H and O–H groups in total. The summed E-state index contributed by atoms with van der Waals surface area (Å²) in [5.41, 5.74) is 8.11. The molecule has 2 aliphatic rings. The first-order chi connectivity index (χ1) is 21.2. The number of hydrogen-bond donors (Lipinski definition) is 7. The Balaban J connectivity index is 1.86. The third-order valence-electron chi connectivity index (χ3n) is 8.50. The summed E-state index contributed by atoms with van der Waals surface area (Å²) < 4.78 is 0. The Bertz CT molecular complexity index is 1840. The molecule has 0 aromatic carbocycles. The summed E-state index contributed by atoms with van der Waals surface area (Å²) in [6.45, 7) is 9.30. The van der Waals surface area contributed by atoms with E-state index in [9.17, 15) is 29.4 Å². The molecule has 2 atom stereocenters. The number of aliphatic carboxylic acids is 2. The van der Waals surface area contributed by atoms with Crippen LogP contribution in [0.5, 0.6) is 0 Å². The Morgan fingerprint density at radius 2 is 1.60 bits per heavy atom. The van der Waals surface area contributed by atoms with E-state index in [1.807, 2.05) is 33.8 Å². The Hall–Kier alpha value is -4.03. The number of allylic oxidation sites excluding steroid dienone is 2. The number of carbonyl (C=O) groups excluding carboxylic acids is 2. The number of amides is 2. The second kappa shape index (κ2) is 13.9. The van der Waals surface area contributed by atoms with Crippen LogP contribution in [0.25, 0.3) is 12.2 Å². The molecule has 0 unspecified atom stereocenters. The van der Waals surface area contributed by atoms with Gasteiger partial charge in [-0.15, -0.1) is 0 Å². The molecule has 2 aromatic heterocycles. The molecule has 0 aliphatic carbocycles. The number of thiol groups is 2. The van der Waals surface area contributed by atoms with Crippen molar-refractivity contribution < 1.29 is 29.4 Å². The molecule has 45 heavy (non-hydrogen) atoms. The lowest BCUT2D eigenvalue weighted by Gasteiger charge is -2.12. The molecule has 0 saturated heterocycles. The van der Waals surface area contributed by atoms with E-state index in [0.29, 0.717) is 45.2 Å². The van der Waals surface area contributed by atoms with Gasteiger partial charge in [0.2, 0.25) is 5.91 Å². The molecule has 2 aromatic rings. The SMILES string of the molecule is CC1=C(/C=C/S)C(/C=c2/[nH]/c(=C\c3[nH]c(C[C@H]4NC(=O)C([C@@H](C)S)=C4C)c(C)c3CCC(=O)O)c(CCC(=O)O)c2C)=NC1=O. The van der Waals surface area contributed by atoms with Crippen LogP contribution in [-0.4, -0.2) is 60.9 Å².